The molecule has 0 aromatic heterocycles. The van der Waals surface area contributed by atoms with Gasteiger partial charge in [-0.1, -0.05) is 36.4 Å². The number of piperazine rings is 1. The minimum Gasteiger partial charge on any atom is -0.494 e. The molecule has 32 heavy (non-hydrogen) atoms. The van der Waals surface area contributed by atoms with Gasteiger partial charge in [-0.05, 0) is 55.0 Å². The van der Waals surface area contributed by atoms with Crippen LogP contribution in [0.25, 0.3) is 0 Å². The van der Waals surface area contributed by atoms with Gasteiger partial charge in [0.2, 0.25) is 0 Å². The van der Waals surface area contributed by atoms with Crippen LogP contribution in [0.1, 0.15) is 6.42 Å². The molecule has 1 aliphatic rings. The molecule has 1 heterocycles. The van der Waals surface area contributed by atoms with Crippen molar-refractivity contribution in [2.45, 2.75) is 6.42 Å². The lowest BCUT2D eigenvalue weighted by atomic mass is 10.2. The van der Waals surface area contributed by atoms with Crippen molar-refractivity contribution in [3.05, 3.63) is 84.9 Å². The number of hydrogen-bond donors (Lipinski definition) is 2. The summed E-state index contributed by atoms with van der Waals surface area (Å²) in [7, 11) is 0. The molecule has 6 nitrogen and oxygen atoms in total. The number of benzene rings is 3. The predicted octanol–water partition coefficient (Wildman–Crippen LogP) is 4.92. The molecule has 0 aliphatic carbocycles. The molecule has 0 unspecified atom stereocenters. The average Bonchev–Trinajstić information content (AvgIpc) is 2.84. The highest BCUT2D eigenvalue weighted by Crippen LogP contribution is 2.18. The van der Waals surface area contributed by atoms with Crippen molar-refractivity contribution in [1.29, 1.82) is 0 Å². The fourth-order valence-corrected chi connectivity index (χ4v) is 3.80. The minimum atomic E-state index is -0.266. The second-order valence-corrected chi connectivity index (χ2v) is 7.84. The van der Waals surface area contributed by atoms with Crippen LogP contribution in [0.4, 0.5) is 21.9 Å². The fourth-order valence-electron chi connectivity index (χ4n) is 3.80. The van der Waals surface area contributed by atoms with Crippen molar-refractivity contribution >= 4 is 23.1 Å². The van der Waals surface area contributed by atoms with E-state index in [0.717, 1.165) is 56.3 Å². The number of para-hydroxylation sites is 2. The first kappa shape index (κ1) is 21.7. The summed E-state index contributed by atoms with van der Waals surface area (Å²) in [5, 5.41) is 5.63. The zero-order chi connectivity index (χ0) is 22.0. The Kier molecular flexibility index (Phi) is 7.60. The van der Waals surface area contributed by atoms with Crippen molar-refractivity contribution < 1.29 is 9.53 Å². The summed E-state index contributed by atoms with van der Waals surface area (Å²) in [6.45, 7) is 6.02. The second kappa shape index (κ2) is 11.2. The van der Waals surface area contributed by atoms with Crippen LogP contribution in [0.15, 0.2) is 84.9 Å². The predicted molar refractivity (Wildman–Crippen MR) is 131 cm³/mol. The van der Waals surface area contributed by atoms with E-state index in [-0.39, 0.29) is 6.03 Å². The van der Waals surface area contributed by atoms with E-state index in [9.17, 15) is 4.79 Å². The van der Waals surface area contributed by atoms with Crippen LogP contribution in [-0.4, -0.2) is 50.3 Å². The van der Waals surface area contributed by atoms with Crippen LogP contribution in [0.5, 0.6) is 5.75 Å². The lowest BCUT2D eigenvalue weighted by molar-refractivity contribution is 0.225. The summed E-state index contributed by atoms with van der Waals surface area (Å²) >= 11 is 0. The lowest BCUT2D eigenvalue weighted by Crippen LogP contribution is -2.46. The Morgan fingerprint density at radius 3 is 2.00 bits per heavy atom. The molecule has 1 aliphatic heterocycles. The Balaban J connectivity index is 1.12. The third kappa shape index (κ3) is 6.49. The molecule has 1 saturated heterocycles. The summed E-state index contributed by atoms with van der Waals surface area (Å²) in [4.78, 5) is 17.0. The number of amides is 2. The highest BCUT2D eigenvalue weighted by Gasteiger charge is 2.16. The Labute approximate surface area is 189 Å². The van der Waals surface area contributed by atoms with Crippen molar-refractivity contribution in [3.63, 3.8) is 0 Å². The molecule has 2 amide bonds. The third-order valence-electron chi connectivity index (χ3n) is 5.52. The van der Waals surface area contributed by atoms with Gasteiger partial charge in [-0.25, -0.2) is 4.79 Å². The average molecular weight is 431 g/mol. The molecule has 3 aromatic carbocycles. The van der Waals surface area contributed by atoms with Gasteiger partial charge in [0, 0.05) is 49.8 Å². The first-order valence-electron chi connectivity index (χ1n) is 11.1. The van der Waals surface area contributed by atoms with E-state index in [1.54, 1.807) is 0 Å². The van der Waals surface area contributed by atoms with Crippen molar-refractivity contribution in [2.24, 2.45) is 0 Å². The third-order valence-corrected chi connectivity index (χ3v) is 5.52. The molecule has 6 heteroatoms. The van der Waals surface area contributed by atoms with E-state index >= 15 is 0 Å². The number of carbonyl (C=O) groups excluding carboxylic acids is 1. The summed E-state index contributed by atoms with van der Waals surface area (Å²) in [5.74, 6) is 0.813. The van der Waals surface area contributed by atoms with E-state index in [0.29, 0.717) is 6.61 Å². The summed E-state index contributed by atoms with van der Waals surface area (Å²) in [6.07, 6.45) is 0.991. The standard InChI is InChI=1S/C26H30N4O2/c31-26(27-22-8-3-1-4-9-22)28-23-12-14-25(15-13-23)32-21-7-16-29-17-19-30(20-18-29)24-10-5-2-6-11-24/h1-6,8-15H,7,16-21H2,(H2,27,28,31). The molecule has 0 atom stereocenters. The molecule has 0 radical (unpaired) electrons. The minimum absolute atomic E-state index is 0.266. The van der Waals surface area contributed by atoms with Gasteiger partial charge in [0.25, 0.3) is 0 Å². The monoisotopic (exact) mass is 430 g/mol. The quantitative estimate of drug-likeness (QED) is 0.498. The number of hydrogen-bond acceptors (Lipinski definition) is 4. The molecule has 1 fully saturated rings. The van der Waals surface area contributed by atoms with E-state index in [1.807, 2.05) is 54.6 Å². The van der Waals surface area contributed by atoms with Gasteiger partial charge < -0.3 is 20.3 Å². The second-order valence-electron chi connectivity index (χ2n) is 7.84. The first-order chi connectivity index (χ1) is 15.8. The Bertz CT molecular complexity index is 956. The topological polar surface area (TPSA) is 56.8 Å². The van der Waals surface area contributed by atoms with Crippen molar-refractivity contribution in [1.82, 2.24) is 4.90 Å². The highest BCUT2D eigenvalue weighted by molar-refractivity contribution is 5.99. The number of carbonyl (C=O) groups is 1. The molecular weight excluding hydrogens is 400 g/mol. The SMILES string of the molecule is O=C(Nc1ccccc1)Nc1ccc(OCCCN2CCN(c3ccccc3)CC2)cc1. The fraction of sp³-hybridized carbons (Fsp3) is 0.269. The molecule has 2 N–H and O–H groups in total. The first-order valence-corrected chi connectivity index (χ1v) is 11.1. The van der Waals surface area contributed by atoms with Gasteiger partial charge in [0.15, 0.2) is 0 Å². The van der Waals surface area contributed by atoms with Crippen LogP contribution < -0.4 is 20.3 Å². The Morgan fingerprint density at radius 2 is 1.34 bits per heavy atom. The molecule has 0 spiro atoms. The number of anilines is 3. The summed E-state index contributed by atoms with van der Waals surface area (Å²) < 4.78 is 5.88. The Hall–Kier alpha value is -3.51. The smallest absolute Gasteiger partial charge is 0.323 e. The van der Waals surface area contributed by atoms with Gasteiger partial charge >= 0.3 is 6.03 Å². The summed E-state index contributed by atoms with van der Waals surface area (Å²) in [6, 6.07) is 27.2. The normalized spacial score (nSPS) is 14.1. The molecule has 0 bridgehead atoms. The van der Waals surface area contributed by atoms with Crippen LogP contribution in [-0.2, 0) is 0 Å². The number of nitrogens with zero attached hydrogens (tertiary/aromatic N) is 2. The lowest BCUT2D eigenvalue weighted by Gasteiger charge is -2.36. The van der Waals surface area contributed by atoms with Crippen LogP contribution in [0.3, 0.4) is 0 Å². The molecule has 3 aromatic rings. The number of rotatable bonds is 8. The van der Waals surface area contributed by atoms with Gasteiger partial charge in [-0.15, -0.1) is 0 Å². The van der Waals surface area contributed by atoms with Crippen LogP contribution >= 0.6 is 0 Å². The highest BCUT2D eigenvalue weighted by atomic mass is 16.5. The maximum Gasteiger partial charge on any atom is 0.323 e. The zero-order valence-corrected chi connectivity index (χ0v) is 18.2. The Morgan fingerprint density at radius 1 is 0.750 bits per heavy atom. The van der Waals surface area contributed by atoms with E-state index in [4.69, 9.17) is 4.74 Å². The van der Waals surface area contributed by atoms with Crippen molar-refractivity contribution in [2.75, 3.05) is 54.9 Å². The molecule has 0 saturated carbocycles. The van der Waals surface area contributed by atoms with Gasteiger partial charge in [-0.2, -0.15) is 0 Å². The van der Waals surface area contributed by atoms with Crippen LogP contribution in [0.2, 0.25) is 0 Å². The van der Waals surface area contributed by atoms with E-state index in [1.165, 1.54) is 5.69 Å². The molecule has 4 rings (SSSR count). The molecular formula is C26H30N4O2. The van der Waals surface area contributed by atoms with Gasteiger partial charge in [-0.3, -0.25) is 4.90 Å². The van der Waals surface area contributed by atoms with E-state index < -0.39 is 0 Å². The maximum atomic E-state index is 12.1. The zero-order valence-electron chi connectivity index (χ0n) is 18.2. The summed E-state index contributed by atoms with van der Waals surface area (Å²) in [5.41, 5.74) is 2.79. The van der Waals surface area contributed by atoms with E-state index in [2.05, 4.69) is 50.8 Å². The largest absolute Gasteiger partial charge is 0.494 e. The number of nitrogens with one attached hydrogen (secondary N) is 2. The van der Waals surface area contributed by atoms with Crippen molar-refractivity contribution in [3.8, 4) is 5.75 Å². The number of ether oxygens (including phenoxy) is 1. The van der Waals surface area contributed by atoms with Crippen LogP contribution in [0, 0.1) is 0 Å². The van der Waals surface area contributed by atoms with Gasteiger partial charge in [0.1, 0.15) is 5.75 Å². The molecule has 166 valence electrons. The van der Waals surface area contributed by atoms with Gasteiger partial charge in [0.05, 0.1) is 6.61 Å². The maximum absolute atomic E-state index is 12.1. The number of urea groups is 1.